The third-order valence-electron chi connectivity index (χ3n) is 3.26. The van der Waals surface area contributed by atoms with Crippen molar-refractivity contribution in [2.24, 2.45) is 0 Å². The smallest absolute Gasteiger partial charge is 0.307 e. The van der Waals surface area contributed by atoms with Gasteiger partial charge in [-0.15, -0.1) is 0 Å². The van der Waals surface area contributed by atoms with Gasteiger partial charge in [-0.1, -0.05) is 0 Å². The molecule has 0 aromatic heterocycles. The van der Waals surface area contributed by atoms with Crippen molar-refractivity contribution < 1.29 is 14.3 Å². The molecular formula is C12H22N2O3. The van der Waals surface area contributed by atoms with Crippen molar-refractivity contribution in [3.8, 4) is 0 Å². The molecule has 5 heteroatoms. The topological polar surface area (TPSA) is 49.9 Å². The van der Waals surface area contributed by atoms with Crippen LogP contribution in [-0.4, -0.2) is 60.5 Å². The summed E-state index contributed by atoms with van der Waals surface area (Å²) < 4.78 is 4.89. The van der Waals surface area contributed by atoms with E-state index in [2.05, 4.69) is 0 Å². The standard InChI is InChI=1S/C12H22N2O3/c1-5-17-10(15)6-7-14-9-8-13(4)11(16)12(14,2)3/h5-9H2,1-4H3. The molecule has 0 atom stereocenters. The number of ether oxygens (including phenoxy) is 1. The third-order valence-corrected chi connectivity index (χ3v) is 3.26. The number of nitrogens with zero attached hydrogens (tertiary/aromatic N) is 2. The SMILES string of the molecule is CCOC(=O)CCN1CCN(C)C(=O)C1(C)C. The molecule has 1 heterocycles. The van der Waals surface area contributed by atoms with E-state index in [1.165, 1.54) is 0 Å². The first kappa shape index (κ1) is 14.0. The van der Waals surface area contributed by atoms with Crippen LogP contribution in [0, 0.1) is 0 Å². The Morgan fingerprint density at radius 3 is 2.65 bits per heavy atom. The van der Waals surface area contributed by atoms with Gasteiger partial charge < -0.3 is 9.64 Å². The number of likely N-dealkylation sites (N-methyl/N-ethyl adjacent to an activating group) is 1. The van der Waals surface area contributed by atoms with Crippen molar-refractivity contribution >= 4 is 11.9 Å². The highest BCUT2D eigenvalue weighted by atomic mass is 16.5. The molecule has 1 fully saturated rings. The molecule has 0 aliphatic carbocycles. The molecule has 0 bridgehead atoms. The van der Waals surface area contributed by atoms with Crippen molar-refractivity contribution in [1.29, 1.82) is 0 Å². The number of rotatable bonds is 4. The van der Waals surface area contributed by atoms with E-state index in [1.54, 1.807) is 11.8 Å². The van der Waals surface area contributed by atoms with E-state index in [0.29, 0.717) is 26.1 Å². The van der Waals surface area contributed by atoms with Crippen LogP contribution in [0.15, 0.2) is 0 Å². The normalized spacial score (nSPS) is 20.5. The van der Waals surface area contributed by atoms with E-state index in [-0.39, 0.29) is 11.9 Å². The zero-order chi connectivity index (χ0) is 13.1. The summed E-state index contributed by atoms with van der Waals surface area (Å²) in [6.07, 6.45) is 0.342. The predicted molar refractivity (Wildman–Crippen MR) is 64.5 cm³/mol. The zero-order valence-electron chi connectivity index (χ0n) is 11.2. The maximum absolute atomic E-state index is 12.0. The number of hydrogen-bond donors (Lipinski definition) is 0. The Balaban J connectivity index is 2.54. The summed E-state index contributed by atoms with van der Waals surface area (Å²) in [6, 6.07) is 0. The minimum absolute atomic E-state index is 0.104. The maximum Gasteiger partial charge on any atom is 0.307 e. The lowest BCUT2D eigenvalue weighted by Crippen LogP contribution is -2.62. The number of piperazine rings is 1. The lowest BCUT2D eigenvalue weighted by atomic mass is 9.97. The second-order valence-electron chi connectivity index (χ2n) is 4.83. The van der Waals surface area contributed by atoms with E-state index in [9.17, 15) is 9.59 Å². The summed E-state index contributed by atoms with van der Waals surface area (Å²) in [7, 11) is 1.81. The van der Waals surface area contributed by atoms with Crippen LogP contribution in [0.25, 0.3) is 0 Å². The summed E-state index contributed by atoms with van der Waals surface area (Å²) in [6.45, 7) is 8.09. The molecule has 0 saturated carbocycles. The fourth-order valence-corrected chi connectivity index (χ4v) is 2.10. The van der Waals surface area contributed by atoms with Gasteiger partial charge in [0, 0.05) is 26.7 Å². The highest BCUT2D eigenvalue weighted by Gasteiger charge is 2.40. The zero-order valence-corrected chi connectivity index (χ0v) is 11.2. The third kappa shape index (κ3) is 3.19. The average molecular weight is 242 g/mol. The second-order valence-corrected chi connectivity index (χ2v) is 4.83. The van der Waals surface area contributed by atoms with Crippen LogP contribution < -0.4 is 0 Å². The summed E-state index contributed by atoms with van der Waals surface area (Å²) in [5.41, 5.74) is -0.528. The Hall–Kier alpha value is -1.10. The number of esters is 1. The van der Waals surface area contributed by atoms with Crippen LogP contribution in [0.3, 0.4) is 0 Å². The van der Waals surface area contributed by atoms with Gasteiger partial charge in [0.15, 0.2) is 0 Å². The monoisotopic (exact) mass is 242 g/mol. The highest BCUT2D eigenvalue weighted by molar-refractivity contribution is 5.86. The molecule has 1 amide bonds. The van der Waals surface area contributed by atoms with Crippen molar-refractivity contribution in [3.05, 3.63) is 0 Å². The molecule has 1 aliphatic heterocycles. The fourth-order valence-electron chi connectivity index (χ4n) is 2.10. The maximum atomic E-state index is 12.0. The Kier molecular flexibility index (Phi) is 4.51. The van der Waals surface area contributed by atoms with Gasteiger partial charge in [-0.3, -0.25) is 14.5 Å². The van der Waals surface area contributed by atoms with Crippen LogP contribution in [0.5, 0.6) is 0 Å². The fraction of sp³-hybridized carbons (Fsp3) is 0.833. The Morgan fingerprint density at radius 1 is 1.41 bits per heavy atom. The van der Waals surface area contributed by atoms with Crippen molar-refractivity contribution in [1.82, 2.24) is 9.80 Å². The van der Waals surface area contributed by atoms with Crippen molar-refractivity contribution in [3.63, 3.8) is 0 Å². The molecule has 1 rings (SSSR count). The van der Waals surface area contributed by atoms with Gasteiger partial charge in [-0.25, -0.2) is 0 Å². The molecule has 0 spiro atoms. The van der Waals surface area contributed by atoms with Gasteiger partial charge in [0.1, 0.15) is 0 Å². The van der Waals surface area contributed by atoms with Gasteiger partial charge in [-0.2, -0.15) is 0 Å². The molecule has 5 nitrogen and oxygen atoms in total. The first-order valence-corrected chi connectivity index (χ1v) is 6.05. The summed E-state index contributed by atoms with van der Waals surface area (Å²) in [5.74, 6) is -0.0951. The van der Waals surface area contributed by atoms with E-state index >= 15 is 0 Å². The van der Waals surface area contributed by atoms with Crippen LogP contribution in [0.2, 0.25) is 0 Å². The Labute approximate surface area is 103 Å². The first-order valence-electron chi connectivity index (χ1n) is 6.05. The molecule has 0 radical (unpaired) electrons. The van der Waals surface area contributed by atoms with Crippen LogP contribution in [0.1, 0.15) is 27.2 Å². The molecular weight excluding hydrogens is 220 g/mol. The van der Waals surface area contributed by atoms with Crippen LogP contribution in [-0.2, 0) is 14.3 Å². The lowest BCUT2D eigenvalue weighted by molar-refractivity contribution is -0.150. The molecule has 0 unspecified atom stereocenters. The number of carbonyl (C=O) groups excluding carboxylic acids is 2. The van der Waals surface area contributed by atoms with Crippen LogP contribution >= 0.6 is 0 Å². The van der Waals surface area contributed by atoms with Gasteiger partial charge in [-0.05, 0) is 20.8 Å². The van der Waals surface area contributed by atoms with Gasteiger partial charge >= 0.3 is 5.97 Å². The second kappa shape index (κ2) is 5.49. The average Bonchev–Trinajstić information content (AvgIpc) is 2.25. The molecule has 0 aromatic carbocycles. The van der Waals surface area contributed by atoms with Gasteiger partial charge in [0.05, 0.1) is 18.6 Å². The summed E-state index contributed by atoms with van der Waals surface area (Å²) in [5, 5.41) is 0. The first-order chi connectivity index (χ1) is 7.89. The molecule has 98 valence electrons. The van der Waals surface area contributed by atoms with E-state index < -0.39 is 5.54 Å². The number of amides is 1. The molecule has 0 aromatic rings. The Bertz CT molecular complexity index is 302. The van der Waals surface area contributed by atoms with E-state index in [4.69, 9.17) is 4.74 Å². The summed E-state index contributed by atoms with van der Waals surface area (Å²) in [4.78, 5) is 27.1. The van der Waals surface area contributed by atoms with Crippen molar-refractivity contribution in [2.45, 2.75) is 32.7 Å². The summed E-state index contributed by atoms with van der Waals surface area (Å²) >= 11 is 0. The molecule has 1 saturated heterocycles. The lowest BCUT2D eigenvalue weighted by Gasteiger charge is -2.44. The Morgan fingerprint density at radius 2 is 2.06 bits per heavy atom. The van der Waals surface area contributed by atoms with Gasteiger partial charge in [0.2, 0.25) is 5.91 Å². The number of hydrogen-bond acceptors (Lipinski definition) is 4. The molecule has 1 aliphatic rings. The molecule has 0 N–H and O–H groups in total. The highest BCUT2D eigenvalue weighted by Crippen LogP contribution is 2.21. The minimum atomic E-state index is -0.528. The largest absolute Gasteiger partial charge is 0.466 e. The van der Waals surface area contributed by atoms with Crippen LogP contribution in [0.4, 0.5) is 0 Å². The van der Waals surface area contributed by atoms with E-state index in [0.717, 1.165) is 6.54 Å². The van der Waals surface area contributed by atoms with E-state index in [1.807, 2.05) is 25.8 Å². The van der Waals surface area contributed by atoms with Gasteiger partial charge in [0.25, 0.3) is 0 Å². The van der Waals surface area contributed by atoms with Crippen molar-refractivity contribution in [2.75, 3.05) is 33.3 Å². The number of carbonyl (C=O) groups is 2. The molecule has 17 heavy (non-hydrogen) atoms. The minimum Gasteiger partial charge on any atom is -0.466 e. The predicted octanol–water partition coefficient (Wildman–Crippen LogP) is 0.492. The quantitative estimate of drug-likeness (QED) is 0.673.